The third-order valence-corrected chi connectivity index (χ3v) is 4.17. The van der Waals surface area contributed by atoms with Crippen LogP contribution >= 0.6 is 0 Å². The van der Waals surface area contributed by atoms with Crippen molar-refractivity contribution in [2.45, 2.75) is 46.3 Å². The molecule has 0 spiro atoms. The van der Waals surface area contributed by atoms with Crippen molar-refractivity contribution in [1.29, 1.82) is 0 Å². The summed E-state index contributed by atoms with van der Waals surface area (Å²) in [6, 6.07) is 13.7. The molecular weight excluding hydrogens is 424 g/mol. The number of benzene rings is 2. The lowest BCUT2D eigenvalue weighted by Gasteiger charge is -2.19. The van der Waals surface area contributed by atoms with Gasteiger partial charge in [0, 0.05) is 43.4 Å². The molecule has 0 saturated carbocycles. The van der Waals surface area contributed by atoms with E-state index < -0.39 is 11.7 Å². The van der Waals surface area contributed by atoms with Gasteiger partial charge in [0.2, 0.25) is 11.8 Å². The Morgan fingerprint density at radius 3 is 2.21 bits per heavy atom. The van der Waals surface area contributed by atoms with Crippen molar-refractivity contribution < 1.29 is 23.9 Å². The first-order valence-corrected chi connectivity index (χ1v) is 10.5. The fourth-order valence-corrected chi connectivity index (χ4v) is 2.73. The van der Waals surface area contributed by atoms with Crippen LogP contribution in [0.15, 0.2) is 48.5 Å². The third kappa shape index (κ3) is 9.86. The summed E-state index contributed by atoms with van der Waals surface area (Å²) in [4.78, 5) is 47.2. The minimum absolute atomic E-state index is 0.130. The Labute approximate surface area is 193 Å². The molecule has 0 fully saturated rings. The van der Waals surface area contributed by atoms with Crippen LogP contribution < -0.4 is 21.3 Å². The fraction of sp³-hybridized carbons (Fsp3) is 0.333. The molecule has 0 aliphatic heterocycles. The van der Waals surface area contributed by atoms with E-state index in [4.69, 9.17) is 4.74 Å². The van der Waals surface area contributed by atoms with Crippen molar-refractivity contribution in [1.82, 2.24) is 10.6 Å². The normalized spacial score (nSPS) is 10.7. The lowest BCUT2D eigenvalue weighted by molar-refractivity contribution is -0.121. The van der Waals surface area contributed by atoms with Crippen molar-refractivity contribution in [2.75, 3.05) is 17.2 Å². The van der Waals surface area contributed by atoms with E-state index in [9.17, 15) is 19.2 Å². The summed E-state index contributed by atoms with van der Waals surface area (Å²) >= 11 is 0. The largest absolute Gasteiger partial charge is 0.444 e. The molecule has 2 rings (SSSR count). The third-order valence-electron chi connectivity index (χ3n) is 4.17. The van der Waals surface area contributed by atoms with Gasteiger partial charge in [-0.2, -0.15) is 0 Å². The second-order valence-corrected chi connectivity index (χ2v) is 8.37. The molecule has 176 valence electrons. The average Bonchev–Trinajstić information content (AvgIpc) is 2.71. The van der Waals surface area contributed by atoms with E-state index in [1.807, 2.05) is 0 Å². The van der Waals surface area contributed by atoms with Crippen LogP contribution in [0.4, 0.5) is 16.2 Å². The zero-order valence-corrected chi connectivity index (χ0v) is 19.3. The Bertz CT molecular complexity index is 997. The molecule has 2 aromatic carbocycles. The summed E-state index contributed by atoms with van der Waals surface area (Å²) in [6.07, 6.45) is -0.430. The maximum absolute atomic E-state index is 12.5. The van der Waals surface area contributed by atoms with E-state index >= 15 is 0 Å². The molecule has 0 unspecified atom stereocenters. The number of rotatable bonds is 8. The summed E-state index contributed by atoms with van der Waals surface area (Å²) in [7, 11) is 0. The zero-order valence-electron chi connectivity index (χ0n) is 19.3. The molecule has 2 aromatic rings. The predicted octanol–water partition coefficient (Wildman–Crippen LogP) is 3.43. The first-order valence-electron chi connectivity index (χ1n) is 10.5. The molecule has 0 atom stereocenters. The SMILES string of the molecule is CC(=O)Nc1cccc(C(=O)Nc2ccc(CNC(=O)CCNC(=O)OC(C)(C)C)cc2)c1. The molecule has 9 nitrogen and oxygen atoms in total. The minimum Gasteiger partial charge on any atom is -0.444 e. The van der Waals surface area contributed by atoms with E-state index in [1.54, 1.807) is 69.3 Å². The molecule has 0 aliphatic rings. The van der Waals surface area contributed by atoms with Gasteiger partial charge in [-0.25, -0.2) is 4.79 Å². The molecular formula is C24H30N4O5. The first kappa shape index (κ1) is 25.4. The smallest absolute Gasteiger partial charge is 0.407 e. The highest BCUT2D eigenvalue weighted by Crippen LogP contribution is 2.15. The first-order chi connectivity index (χ1) is 15.5. The van der Waals surface area contributed by atoms with E-state index in [1.165, 1.54) is 6.92 Å². The van der Waals surface area contributed by atoms with Crippen molar-refractivity contribution in [3.05, 3.63) is 59.7 Å². The van der Waals surface area contributed by atoms with Gasteiger partial charge in [-0.15, -0.1) is 0 Å². The van der Waals surface area contributed by atoms with Gasteiger partial charge >= 0.3 is 6.09 Å². The van der Waals surface area contributed by atoms with E-state index in [-0.39, 0.29) is 30.7 Å². The highest BCUT2D eigenvalue weighted by Gasteiger charge is 2.15. The lowest BCUT2D eigenvalue weighted by atomic mass is 10.1. The van der Waals surface area contributed by atoms with Gasteiger partial charge in [0.1, 0.15) is 5.60 Å². The molecule has 0 saturated heterocycles. The molecule has 4 N–H and O–H groups in total. The number of nitrogens with one attached hydrogen (secondary N) is 4. The molecule has 0 bridgehead atoms. The lowest BCUT2D eigenvalue weighted by Crippen LogP contribution is -2.35. The van der Waals surface area contributed by atoms with Gasteiger partial charge in [-0.1, -0.05) is 18.2 Å². The number of amides is 4. The number of carbonyl (C=O) groups is 4. The molecule has 0 radical (unpaired) electrons. The van der Waals surface area contributed by atoms with Gasteiger partial charge in [-0.3, -0.25) is 14.4 Å². The van der Waals surface area contributed by atoms with Gasteiger partial charge < -0.3 is 26.0 Å². The topological polar surface area (TPSA) is 126 Å². The fourth-order valence-electron chi connectivity index (χ4n) is 2.73. The standard InChI is InChI=1S/C24H30N4O5/c1-16(29)27-20-7-5-6-18(14-20)22(31)28-19-10-8-17(9-11-19)15-26-21(30)12-13-25-23(32)33-24(2,3)4/h5-11,14H,12-13,15H2,1-4H3,(H,25,32)(H,26,30)(H,27,29)(H,28,31). The minimum atomic E-state index is -0.589. The second kappa shape index (κ2) is 11.7. The summed E-state index contributed by atoms with van der Waals surface area (Å²) in [5.41, 5.74) is 1.82. The van der Waals surface area contributed by atoms with Crippen LogP contribution in [0.25, 0.3) is 0 Å². The van der Waals surface area contributed by atoms with Gasteiger partial charge in [0.25, 0.3) is 5.91 Å². The van der Waals surface area contributed by atoms with Crippen LogP contribution in [0.1, 0.15) is 50.0 Å². The molecule has 0 heterocycles. The van der Waals surface area contributed by atoms with Crippen LogP contribution in [-0.2, 0) is 20.9 Å². The highest BCUT2D eigenvalue weighted by molar-refractivity contribution is 6.05. The van der Waals surface area contributed by atoms with Crippen molar-refractivity contribution in [3.8, 4) is 0 Å². The van der Waals surface area contributed by atoms with Crippen LogP contribution in [0.2, 0.25) is 0 Å². The molecule has 0 aliphatic carbocycles. The Morgan fingerprint density at radius 2 is 1.58 bits per heavy atom. The van der Waals surface area contributed by atoms with E-state index in [0.29, 0.717) is 23.5 Å². The Kier molecular flexibility index (Phi) is 8.97. The number of carbonyl (C=O) groups excluding carboxylic acids is 4. The monoisotopic (exact) mass is 454 g/mol. The van der Waals surface area contributed by atoms with Crippen LogP contribution in [0, 0.1) is 0 Å². The van der Waals surface area contributed by atoms with E-state index in [0.717, 1.165) is 5.56 Å². The Hall–Kier alpha value is -3.88. The van der Waals surface area contributed by atoms with Crippen LogP contribution in [0.5, 0.6) is 0 Å². The maximum Gasteiger partial charge on any atom is 0.407 e. The van der Waals surface area contributed by atoms with E-state index in [2.05, 4.69) is 21.3 Å². The number of hydrogen-bond donors (Lipinski definition) is 4. The second-order valence-electron chi connectivity index (χ2n) is 8.37. The summed E-state index contributed by atoms with van der Waals surface area (Å²) in [5.74, 6) is -0.724. The summed E-state index contributed by atoms with van der Waals surface area (Å²) in [5, 5.41) is 10.7. The summed E-state index contributed by atoms with van der Waals surface area (Å²) < 4.78 is 5.11. The van der Waals surface area contributed by atoms with Gasteiger partial charge in [-0.05, 0) is 56.7 Å². The van der Waals surface area contributed by atoms with Crippen LogP contribution in [-0.4, -0.2) is 36.0 Å². The molecule has 0 aromatic heterocycles. The van der Waals surface area contributed by atoms with Crippen molar-refractivity contribution >= 4 is 35.2 Å². The number of alkyl carbamates (subject to hydrolysis) is 1. The van der Waals surface area contributed by atoms with Gasteiger partial charge in [0.05, 0.1) is 0 Å². The quantitative estimate of drug-likeness (QED) is 0.486. The highest BCUT2D eigenvalue weighted by atomic mass is 16.6. The maximum atomic E-state index is 12.5. The molecule has 4 amide bonds. The zero-order chi connectivity index (χ0) is 24.4. The van der Waals surface area contributed by atoms with Gasteiger partial charge in [0.15, 0.2) is 0 Å². The predicted molar refractivity (Wildman–Crippen MR) is 126 cm³/mol. The Balaban J connectivity index is 1.77. The number of anilines is 2. The summed E-state index contributed by atoms with van der Waals surface area (Å²) in [6.45, 7) is 7.19. The Morgan fingerprint density at radius 1 is 0.879 bits per heavy atom. The molecule has 9 heteroatoms. The molecule has 33 heavy (non-hydrogen) atoms. The average molecular weight is 455 g/mol. The number of ether oxygens (including phenoxy) is 1. The van der Waals surface area contributed by atoms with Crippen molar-refractivity contribution in [3.63, 3.8) is 0 Å². The number of hydrogen-bond acceptors (Lipinski definition) is 5. The van der Waals surface area contributed by atoms with Crippen molar-refractivity contribution in [2.24, 2.45) is 0 Å². The van der Waals surface area contributed by atoms with Crippen LogP contribution in [0.3, 0.4) is 0 Å².